The topological polar surface area (TPSA) is 47.8 Å². The zero-order chi connectivity index (χ0) is 14.3. The maximum atomic E-state index is 12.5. The number of halogens is 3. The van der Waals surface area contributed by atoms with E-state index in [1.54, 1.807) is 10.7 Å². The Balaban J connectivity index is 1.98. The van der Waals surface area contributed by atoms with E-state index in [0.29, 0.717) is 17.3 Å². The van der Waals surface area contributed by atoms with E-state index in [-0.39, 0.29) is 11.2 Å². The number of benzene rings is 1. The van der Waals surface area contributed by atoms with E-state index in [1.165, 1.54) is 0 Å². The molecule has 0 unspecified atom stereocenters. The number of hydrogen-bond acceptors (Lipinski definition) is 3. The van der Waals surface area contributed by atoms with E-state index in [2.05, 4.69) is 10.1 Å². The molecule has 0 saturated heterocycles. The molecule has 1 aliphatic rings. The normalized spacial score (nSPS) is 19.3. The summed E-state index contributed by atoms with van der Waals surface area (Å²) in [5, 5.41) is 4.26. The van der Waals surface area contributed by atoms with Crippen LogP contribution in [0, 0.1) is 0 Å². The van der Waals surface area contributed by atoms with Crippen LogP contribution in [-0.2, 0) is 17.2 Å². The van der Waals surface area contributed by atoms with Gasteiger partial charge in [-0.2, -0.15) is 8.78 Å². The summed E-state index contributed by atoms with van der Waals surface area (Å²) in [7, 11) is -2.48. The van der Waals surface area contributed by atoms with Crippen molar-refractivity contribution in [1.29, 1.82) is 0 Å². The van der Waals surface area contributed by atoms with Gasteiger partial charge in [0.1, 0.15) is 5.82 Å². The lowest BCUT2D eigenvalue weighted by Crippen LogP contribution is -2.10. The van der Waals surface area contributed by atoms with E-state index < -0.39 is 16.6 Å². The van der Waals surface area contributed by atoms with Crippen LogP contribution in [0.25, 0.3) is 0 Å². The summed E-state index contributed by atoms with van der Waals surface area (Å²) >= 11 is 6.15. The average Bonchev–Trinajstić information content (AvgIpc) is 2.98. The van der Waals surface area contributed by atoms with Gasteiger partial charge in [-0.25, -0.2) is 13.9 Å². The highest BCUT2D eigenvalue weighted by Gasteiger charge is 2.31. The minimum absolute atomic E-state index is 0.144. The fourth-order valence-corrected chi connectivity index (χ4v) is 3.12. The van der Waals surface area contributed by atoms with Crippen molar-refractivity contribution in [3.05, 3.63) is 40.7 Å². The van der Waals surface area contributed by atoms with Crippen LogP contribution in [0.3, 0.4) is 0 Å². The van der Waals surface area contributed by atoms with Crippen LogP contribution in [0.1, 0.15) is 23.9 Å². The second-order valence-corrected chi connectivity index (χ2v) is 6.11. The molecule has 20 heavy (non-hydrogen) atoms. The number of rotatable bonds is 3. The number of aromatic nitrogens is 3. The van der Waals surface area contributed by atoms with E-state index in [1.807, 2.05) is 18.2 Å². The molecule has 0 saturated carbocycles. The molecule has 0 radical (unpaired) electrons. The van der Waals surface area contributed by atoms with Gasteiger partial charge in [0.15, 0.2) is 10.8 Å². The standard InChI is InChI=1S/C12H10ClF2N3OS/c13-8-4-2-1-3-7(8)9-5-6-10-16-12(17-18(9)10)20(19)11(14)15/h1-4,9,11H,5-6H2/t9-,20+/m0/s1. The van der Waals surface area contributed by atoms with Gasteiger partial charge in [0.2, 0.25) is 5.16 Å². The SMILES string of the molecule is O=[S@@](c1nc2n(n1)[C@H](c1ccccc1Cl)CC2)C(F)F. The Labute approximate surface area is 121 Å². The predicted molar refractivity (Wildman–Crippen MR) is 70.3 cm³/mol. The Bertz CT molecular complexity index is 676. The van der Waals surface area contributed by atoms with Crippen molar-refractivity contribution >= 4 is 22.4 Å². The van der Waals surface area contributed by atoms with Crippen LogP contribution in [0.2, 0.25) is 5.02 Å². The van der Waals surface area contributed by atoms with E-state index in [9.17, 15) is 13.0 Å². The summed E-state index contributed by atoms with van der Waals surface area (Å²) in [4.78, 5) is 3.95. The lowest BCUT2D eigenvalue weighted by atomic mass is 10.1. The molecule has 0 aliphatic carbocycles. The van der Waals surface area contributed by atoms with Gasteiger partial charge in [-0.15, -0.1) is 5.10 Å². The molecule has 4 nitrogen and oxygen atoms in total. The quantitative estimate of drug-likeness (QED) is 0.874. The molecular weight excluding hydrogens is 308 g/mol. The second-order valence-electron chi connectivity index (χ2n) is 4.39. The van der Waals surface area contributed by atoms with Crippen LogP contribution in [0.4, 0.5) is 8.78 Å². The molecule has 2 aromatic rings. The third-order valence-electron chi connectivity index (χ3n) is 3.23. The summed E-state index contributed by atoms with van der Waals surface area (Å²) in [5.74, 6) is -2.41. The summed E-state index contributed by atoms with van der Waals surface area (Å²) in [6, 6.07) is 7.17. The van der Waals surface area contributed by atoms with Gasteiger partial charge >= 0.3 is 5.76 Å². The van der Waals surface area contributed by atoms with Crippen LogP contribution in [0.15, 0.2) is 29.4 Å². The fraction of sp³-hybridized carbons (Fsp3) is 0.333. The molecule has 2 atom stereocenters. The largest absolute Gasteiger partial charge is 0.319 e. The zero-order valence-electron chi connectivity index (χ0n) is 10.2. The van der Waals surface area contributed by atoms with Crippen LogP contribution in [0.5, 0.6) is 0 Å². The molecule has 1 aromatic heterocycles. The van der Waals surface area contributed by atoms with Gasteiger partial charge in [0.25, 0.3) is 0 Å². The molecule has 0 bridgehead atoms. The molecule has 106 valence electrons. The average molecular weight is 318 g/mol. The first-order chi connectivity index (χ1) is 9.58. The molecule has 1 aliphatic heterocycles. The minimum Gasteiger partial charge on any atom is -0.245 e. The van der Waals surface area contributed by atoms with Gasteiger partial charge < -0.3 is 0 Å². The molecule has 0 fully saturated rings. The number of hydrogen-bond donors (Lipinski definition) is 0. The third kappa shape index (κ3) is 2.25. The van der Waals surface area contributed by atoms with Gasteiger partial charge in [0.05, 0.1) is 6.04 Å². The van der Waals surface area contributed by atoms with Crippen molar-refractivity contribution < 1.29 is 13.0 Å². The maximum Gasteiger partial charge on any atom is 0.319 e. The zero-order valence-corrected chi connectivity index (χ0v) is 11.7. The van der Waals surface area contributed by atoms with Gasteiger partial charge in [-0.05, 0) is 18.1 Å². The van der Waals surface area contributed by atoms with E-state index in [0.717, 1.165) is 12.0 Å². The summed E-state index contributed by atoms with van der Waals surface area (Å²) in [6.07, 6.45) is 1.35. The van der Waals surface area contributed by atoms with Crippen LogP contribution < -0.4 is 0 Å². The lowest BCUT2D eigenvalue weighted by molar-refractivity contribution is 0.243. The Hall–Kier alpha value is -1.34. The third-order valence-corrected chi connectivity index (χ3v) is 4.43. The van der Waals surface area contributed by atoms with Crippen LogP contribution >= 0.6 is 11.6 Å². The van der Waals surface area contributed by atoms with Crippen molar-refractivity contribution in [3.8, 4) is 0 Å². The molecular formula is C12H10ClF2N3OS. The number of fused-ring (bicyclic) bond motifs is 1. The highest BCUT2D eigenvalue weighted by atomic mass is 35.5. The highest BCUT2D eigenvalue weighted by Crippen LogP contribution is 2.34. The lowest BCUT2D eigenvalue weighted by Gasteiger charge is -2.13. The predicted octanol–water partition coefficient (Wildman–Crippen LogP) is 2.80. The summed E-state index contributed by atoms with van der Waals surface area (Å²) in [5.41, 5.74) is 0.868. The van der Waals surface area contributed by atoms with Gasteiger partial charge in [-0.1, -0.05) is 29.8 Å². The van der Waals surface area contributed by atoms with E-state index in [4.69, 9.17) is 11.6 Å². The molecule has 3 rings (SSSR count). The molecule has 0 N–H and O–H groups in total. The Kier molecular flexibility index (Phi) is 3.55. The summed E-state index contributed by atoms with van der Waals surface area (Å²) in [6.45, 7) is 0. The Morgan fingerprint density at radius 1 is 1.40 bits per heavy atom. The summed E-state index contributed by atoms with van der Waals surface area (Å²) < 4.78 is 37.8. The second kappa shape index (κ2) is 5.21. The Morgan fingerprint density at radius 2 is 2.15 bits per heavy atom. The monoisotopic (exact) mass is 317 g/mol. The van der Waals surface area contributed by atoms with Crippen molar-refractivity contribution in [2.24, 2.45) is 0 Å². The highest BCUT2D eigenvalue weighted by molar-refractivity contribution is 7.85. The smallest absolute Gasteiger partial charge is 0.245 e. The van der Waals surface area contributed by atoms with Crippen molar-refractivity contribution in [2.75, 3.05) is 0 Å². The Morgan fingerprint density at radius 3 is 2.85 bits per heavy atom. The fourth-order valence-electron chi connectivity index (χ4n) is 2.34. The molecule has 0 spiro atoms. The maximum absolute atomic E-state index is 12.5. The van der Waals surface area contributed by atoms with Crippen LogP contribution in [-0.4, -0.2) is 24.7 Å². The van der Waals surface area contributed by atoms with Crippen molar-refractivity contribution in [2.45, 2.75) is 29.8 Å². The molecule has 2 heterocycles. The van der Waals surface area contributed by atoms with Gasteiger partial charge in [-0.3, -0.25) is 0 Å². The first-order valence-electron chi connectivity index (χ1n) is 5.96. The van der Waals surface area contributed by atoms with Crippen molar-refractivity contribution in [1.82, 2.24) is 14.8 Å². The molecule has 8 heteroatoms. The molecule has 0 amide bonds. The first-order valence-corrected chi connectivity index (χ1v) is 7.55. The first kappa shape index (κ1) is 13.6. The minimum atomic E-state index is -2.98. The van der Waals surface area contributed by atoms with Crippen molar-refractivity contribution in [3.63, 3.8) is 0 Å². The number of alkyl halides is 2. The molecule has 1 aromatic carbocycles. The van der Waals surface area contributed by atoms with Gasteiger partial charge in [0, 0.05) is 11.4 Å². The number of aryl methyl sites for hydroxylation is 1. The number of nitrogens with zero attached hydrogens (tertiary/aromatic N) is 3. The van der Waals surface area contributed by atoms with E-state index >= 15 is 0 Å².